The molecule has 1 saturated heterocycles. The van der Waals surface area contributed by atoms with Gasteiger partial charge in [-0.3, -0.25) is 14.0 Å². The number of piperidine rings is 1. The summed E-state index contributed by atoms with van der Waals surface area (Å²) in [5, 5.41) is 10.6. The van der Waals surface area contributed by atoms with E-state index in [2.05, 4.69) is 16.8 Å². The third-order valence-electron chi connectivity index (χ3n) is 5.83. The summed E-state index contributed by atoms with van der Waals surface area (Å²) in [6.45, 7) is 0. The second-order valence-corrected chi connectivity index (χ2v) is 7.71. The summed E-state index contributed by atoms with van der Waals surface area (Å²) in [5.41, 5.74) is 4.64. The van der Waals surface area contributed by atoms with Gasteiger partial charge in [-0.05, 0) is 24.3 Å². The molecule has 3 heterocycles. The summed E-state index contributed by atoms with van der Waals surface area (Å²) in [5.74, 6) is -0.732. The summed E-state index contributed by atoms with van der Waals surface area (Å²) >= 11 is 0. The van der Waals surface area contributed by atoms with Crippen LogP contribution < -0.4 is 5.73 Å². The van der Waals surface area contributed by atoms with Crippen molar-refractivity contribution in [1.29, 1.82) is 0 Å². The average Bonchev–Trinajstić information content (AvgIpc) is 3.04. The SMILES string of the molecule is CN1C(=O)C(O)(C#Cc2cccc(-c3nc(C(N)=O)c4ccccn34)c2)C2C1C2(F)F. The van der Waals surface area contributed by atoms with Crippen molar-refractivity contribution in [2.45, 2.75) is 17.6 Å². The van der Waals surface area contributed by atoms with Crippen molar-refractivity contribution in [3.8, 4) is 23.2 Å². The number of imidazole rings is 1. The number of halogens is 2. The minimum absolute atomic E-state index is 0.114. The van der Waals surface area contributed by atoms with Crippen LogP contribution in [0.5, 0.6) is 0 Å². The number of benzene rings is 1. The fourth-order valence-corrected chi connectivity index (χ4v) is 4.29. The molecule has 2 amide bonds. The Morgan fingerprint density at radius 3 is 2.74 bits per heavy atom. The van der Waals surface area contributed by atoms with Gasteiger partial charge in [-0.25, -0.2) is 13.8 Å². The number of hydrogen-bond donors (Lipinski definition) is 2. The number of nitrogens with two attached hydrogens (primary N) is 1. The first-order valence-electron chi connectivity index (χ1n) is 9.44. The molecule has 0 radical (unpaired) electrons. The first-order valence-corrected chi connectivity index (χ1v) is 9.44. The molecule has 0 spiro atoms. The van der Waals surface area contributed by atoms with Crippen LogP contribution in [0.1, 0.15) is 16.1 Å². The van der Waals surface area contributed by atoms with Crippen LogP contribution in [0.3, 0.4) is 0 Å². The van der Waals surface area contributed by atoms with Crippen LogP contribution in [-0.4, -0.2) is 55.8 Å². The minimum Gasteiger partial charge on any atom is -0.369 e. The lowest BCUT2D eigenvalue weighted by molar-refractivity contribution is -0.146. The number of fused-ring (bicyclic) bond motifs is 2. The summed E-state index contributed by atoms with van der Waals surface area (Å²) in [6.07, 6.45) is 1.73. The van der Waals surface area contributed by atoms with Crippen molar-refractivity contribution in [3.05, 3.63) is 59.9 Å². The second-order valence-electron chi connectivity index (χ2n) is 7.71. The normalized spacial score (nSPS) is 25.8. The number of carbonyl (C=O) groups is 2. The molecule has 3 atom stereocenters. The first-order chi connectivity index (χ1) is 14.7. The quantitative estimate of drug-likeness (QED) is 0.608. The molecule has 1 aromatic carbocycles. The van der Waals surface area contributed by atoms with Gasteiger partial charge in [0.05, 0.1) is 5.52 Å². The Morgan fingerprint density at radius 1 is 1.26 bits per heavy atom. The number of primary amides is 1. The first kappa shape index (κ1) is 19.2. The summed E-state index contributed by atoms with van der Waals surface area (Å²) < 4.78 is 29.5. The van der Waals surface area contributed by atoms with Crippen molar-refractivity contribution in [2.24, 2.45) is 11.7 Å². The Kier molecular flexibility index (Phi) is 3.79. The lowest BCUT2D eigenvalue weighted by Gasteiger charge is -2.21. The number of amides is 2. The van der Waals surface area contributed by atoms with Gasteiger partial charge in [-0.2, -0.15) is 0 Å². The van der Waals surface area contributed by atoms with Gasteiger partial charge in [-0.1, -0.05) is 30.0 Å². The smallest absolute Gasteiger partial charge is 0.277 e. The predicted molar refractivity (Wildman–Crippen MR) is 106 cm³/mol. The average molecular weight is 422 g/mol. The van der Waals surface area contributed by atoms with Crippen LogP contribution in [-0.2, 0) is 4.79 Å². The number of nitrogens with zero attached hydrogens (tertiary/aromatic N) is 3. The number of likely N-dealkylation sites (tertiary alicyclic amines) is 1. The monoisotopic (exact) mass is 422 g/mol. The number of hydrogen-bond acceptors (Lipinski definition) is 4. The largest absolute Gasteiger partial charge is 0.369 e. The number of likely N-dealkylation sites (N-methyl/N-ethyl adjacent to an activating group) is 1. The molecule has 3 aromatic rings. The van der Waals surface area contributed by atoms with E-state index in [1.807, 2.05) is 0 Å². The van der Waals surface area contributed by atoms with Crippen LogP contribution in [0.25, 0.3) is 16.9 Å². The molecule has 7 nitrogen and oxygen atoms in total. The third-order valence-corrected chi connectivity index (χ3v) is 5.83. The van der Waals surface area contributed by atoms with Crippen molar-refractivity contribution in [1.82, 2.24) is 14.3 Å². The molecule has 2 aliphatic rings. The summed E-state index contributed by atoms with van der Waals surface area (Å²) in [6, 6.07) is 10.6. The number of rotatable bonds is 2. The molecule has 1 saturated carbocycles. The second kappa shape index (κ2) is 6.12. The Labute approximate surface area is 175 Å². The minimum atomic E-state index is -3.16. The standard InChI is InChI=1S/C22H16F2N4O3/c1-27-17-16(22(17,23)24)21(31,20(27)30)9-8-12-5-4-6-13(11-12)19-26-15(18(25)29)14-7-2-3-10-28(14)19/h2-7,10-11,16-17,31H,1H3,(H2,25,29). The third kappa shape index (κ3) is 2.58. The van der Waals surface area contributed by atoms with E-state index in [4.69, 9.17) is 5.73 Å². The molecule has 9 heteroatoms. The lowest BCUT2D eigenvalue weighted by atomic mass is 9.98. The van der Waals surface area contributed by atoms with Crippen molar-refractivity contribution >= 4 is 17.3 Å². The molecular weight excluding hydrogens is 406 g/mol. The van der Waals surface area contributed by atoms with Crippen LogP contribution in [0, 0.1) is 17.8 Å². The van der Waals surface area contributed by atoms with Crippen molar-refractivity contribution < 1.29 is 23.5 Å². The molecule has 0 bridgehead atoms. The predicted octanol–water partition coefficient (Wildman–Crippen LogP) is 1.29. The maximum absolute atomic E-state index is 13.9. The van der Waals surface area contributed by atoms with E-state index in [-0.39, 0.29) is 5.69 Å². The molecule has 156 valence electrons. The van der Waals surface area contributed by atoms with Gasteiger partial charge >= 0.3 is 0 Å². The highest BCUT2D eigenvalue weighted by molar-refractivity contribution is 5.99. The Hall–Kier alpha value is -3.77. The van der Waals surface area contributed by atoms with Crippen LogP contribution in [0.2, 0.25) is 0 Å². The number of pyridine rings is 1. The van der Waals surface area contributed by atoms with E-state index in [0.29, 0.717) is 22.5 Å². The van der Waals surface area contributed by atoms with Crippen LogP contribution >= 0.6 is 0 Å². The summed E-state index contributed by atoms with van der Waals surface area (Å²) in [7, 11) is 1.24. The molecular formula is C22H16F2N4O3. The van der Waals surface area contributed by atoms with E-state index >= 15 is 0 Å². The van der Waals surface area contributed by atoms with E-state index in [1.54, 1.807) is 53.1 Å². The molecule has 3 unspecified atom stereocenters. The molecule has 5 rings (SSSR count). The Balaban J connectivity index is 1.55. The Bertz CT molecular complexity index is 1340. The number of carbonyl (C=O) groups excluding carboxylic acids is 2. The number of aliphatic hydroxyl groups is 1. The van der Waals surface area contributed by atoms with Crippen LogP contribution in [0.4, 0.5) is 8.78 Å². The van der Waals surface area contributed by atoms with E-state index in [1.165, 1.54) is 7.05 Å². The maximum atomic E-state index is 13.9. The van der Waals surface area contributed by atoms with Gasteiger partial charge in [0.1, 0.15) is 17.8 Å². The van der Waals surface area contributed by atoms with Crippen molar-refractivity contribution in [3.63, 3.8) is 0 Å². The number of alkyl halides is 2. The molecule has 3 N–H and O–H groups in total. The van der Waals surface area contributed by atoms with Gasteiger partial charge in [0, 0.05) is 24.4 Å². The highest BCUT2D eigenvalue weighted by Gasteiger charge is 2.84. The fraction of sp³-hybridized carbons (Fsp3) is 0.227. The van der Waals surface area contributed by atoms with Crippen LogP contribution in [0.15, 0.2) is 48.7 Å². The van der Waals surface area contributed by atoms with E-state index < -0.39 is 35.3 Å². The van der Waals surface area contributed by atoms with Gasteiger partial charge < -0.3 is 15.7 Å². The van der Waals surface area contributed by atoms with E-state index in [0.717, 1.165) is 4.90 Å². The highest BCUT2D eigenvalue weighted by atomic mass is 19.3. The van der Waals surface area contributed by atoms with Gasteiger partial charge in [0.25, 0.3) is 17.7 Å². The zero-order chi connectivity index (χ0) is 22.1. The molecule has 1 aliphatic carbocycles. The highest BCUT2D eigenvalue weighted by Crippen LogP contribution is 2.61. The van der Waals surface area contributed by atoms with E-state index in [9.17, 15) is 23.5 Å². The lowest BCUT2D eigenvalue weighted by Crippen LogP contribution is -2.46. The zero-order valence-corrected chi connectivity index (χ0v) is 16.2. The Morgan fingerprint density at radius 2 is 2.03 bits per heavy atom. The molecule has 31 heavy (non-hydrogen) atoms. The zero-order valence-electron chi connectivity index (χ0n) is 16.2. The van der Waals surface area contributed by atoms with Crippen molar-refractivity contribution in [2.75, 3.05) is 7.05 Å². The topological polar surface area (TPSA) is 101 Å². The molecule has 1 aliphatic heterocycles. The molecule has 2 aromatic heterocycles. The molecule has 2 fully saturated rings. The number of aromatic nitrogens is 2. The maximum Gasteiger partial charge on any atom is 0.277 e. The van der Waals surface area contributed by atoms with Gasteiger partial charge in [-0.15, -0.1) is 0 Å². The van der Waals surface area contributed by atoms with Gasteiger partial charge in [0.15, 0.2) is 5.69 Å². The fourth-order valence-electron chi connectivity index (χ4n) is 4.29. The summed E-state index contributed by atoms with van der Waals surface area (Å²) in [4.78, 5) is 29.2. The van der Waals surface area contributed by atoms with Gasteiger partial charge in [0.2, 0.25) is 5.60 Å².